The number of methoxy groups -OCH3 is 1. The summed E-state index contributed by atoms with van der Waals surface area (Å²) in [5, 5.41) is 2.13. The summed E-state index contributed by atoms with van der Waals surface area (Å²) in [5.74, 6) is 1.11. The van der Waals surface area contributed by atoms with Crippen molar-refractivity contribution in [3.8, 4) is 0 Å². The highest BCUT2D eigenvalue weighted by atomic mass is 32.1. The predicted molar refractivity (Wildman–Crippen MR) is 94.8 cm³/mol. The molecule has 2 saturated heterocycles. The lowest BCUT2D eigenvalue weighted by Crippen LogP contribution is -2.51. The second-order valence-corrected chi connectivity index (χ2v) is 8.06. The lowest BCUT2D eigenvalue weighted by atomic mass is 9.78. The van der Waals surface area contributed by atoms with Crippen LogP contribution in [0.3, 0.4) is 0 Å². The van der Waals surface area contributed by atoms with Gasteiger partial charge in [0, 0.05) is 29.4 Å². The zero-order chi connectivity index (χ0) is 16.4. The van der Waals surface area contributed by atoms with Crippen molar-refractivity contribution in [3.63, 3.8) is 0 Å². The minimum absolute atomic E-state index is 0.0116. The van der Waals surface area contributed by atoms with Crippen molar-refractivity contribution in [2.24, 2.45) is 11.8 Å². The average Bonchev–Trinajstić information content (AvgIpc) is 3.19. The maximum absolute atomic E-state index is 12.4. The zero-order valence-corrected chi connectivity index (χ0v) is 15.3. The maximum atomic E-state index is 12.4. The quantitative estimate of drug-likeness (QED) is 0.726. The third-order valence-electron chi connectivity index (χ3n) is 6.06. The van der Waals surface area contributed by atoms with Crippen LogP contribution >= 0.6 is 11.3 Å². The van der Waals surface area contributed by atoms with Crippen LogP contribution in [-0.2, 0) is 9.53 Å². The molecule has 0 radical (unpaired) electrons. The van der Waals surface area contributed by atoms with Gasteiger partial charge in [-0.05, 0) is 36.6 Å². The molecule has 4 heteroatoms. The predicted octanol–water partition coefficient (Wildman–Crippen LogP) is 4.29. The van der Waals surface area contributed by atoms with Crippen LogP contribution in [0.15, 0.2) is 17.5 Å². The molecule has 3 rings (SSSR count). The van der Waals surface area contributed by atoms with Gasteiger partial charge in [-0.3, -0.25) is 9.69 Å². The second-order valence-electron chi connectivity index (χ2n) is 7.08. The highest BCUT2D eigenvalue weighted by Gasteiger charge is 2.50. The number of nitrogens with zero attached hydrogens (tertiary/aromatic N) is 1. The minimum Gasteiger partial charge on any atom is -0.469 e. The summed E-state index contributed by atoms with van der Waals surface area (Å²) < 4.78 is 5.15. The maximum Gasteiger partial charge on any atom is 0.309 e. The van der Waals surface area contributed by atoms with E-state index in [9.17, 15) is 4.79 Å². The lowest BCUT2D eigenvalue weighted by Gasteiger charge is -2.44. The molecule has 0 aliphatic carbocycles. The Morgan fingerprint density at radius 2 is 2.17 bits per heavy atom. The zero-order valence-electron chi connectivity index (χ0n) is 14.5. The molecule has 2 aliphatic rings. The molecule has 3 heterocycles. The van der Waals surface area contributed by atoms with Gasteiger partial charge in [-0.25, -0.2) is 0 Å². The number of piperidine rings is 1. The van der Waals surface area contributed by atoms with Crippen molar-refractivity contribution in [1.82, 2.24) is 4.90 Å². The molecule has 0 unspecified atom stereocenters. The number of hydrogen-bond acceptors (Lipinski definition) is 4. The van der Waals surface area contributed by atoms with Crippen molar-refractivity contribution < 1.29 is 9.53 Å². The van der Waals surface area contributed by atoms with Crippen molar-refractivity contribution >= 4 is 17.3 Å². The van der Waals surface area contributed by atoms with E-state index in [1.54, 1.807) is 11.3 Å². The molecule has 23 heavy (non-hydrogen) atoms. The number of esters is 1. The molecule has 0 spiro atoms. The van der Waals surface area contributed by atoms with Crippen LogP contribution in [0.1, 0.15) is 56.7 Å². The fraction of sp³-hybridized carbons (Fsp3) is 0.737. The molecule has 3 nitrogen and oxygen atoms in total. The summed E-state index contributed by atoms with van der Waals surface area (Å²) in [5.41, 5.74) is 0. The van der Waals surface area contributed by atoms with Gasteiger partial charge in [0.1, 0.15) is 0 Å². The van der Waals surface area contributed by atoms with E-state index in [4.69, 9.17) is 4.74 Å². The van der Waals surface area contributed by atoms with Crippen LogP contribution < -0.4 is 0 Å². The molecule has 1 aromatic heterocycles. The Bertz CT molecular complexity index is 511. The smallest absolute Gasteiger partial charge is 0.309 e. The molecule has 2 fully saturated rings. The molecule has 128 valence electrons. The number of hydrogen-bond donors (Lipinski definition) is 0. The highest BCUT2D eigenvalue weighted by Crippen LogP contribution is 2.49. The van der Waals surface area contributed by atoms with E-state index in [1.165, 1.54) is 44.2 Å². The first kappa shape index (κ1) is 17.0. The number of ether oxygens (including phenoxy) is 1. The Morgan fingerprint density at radius 1 is 1.39 bits per heavy atom. The highest BCUT2D eigenvalue weighted by molar-refractivity contribution is 7.10. The Hall–Kier alpha value is -0.870. The first-order valence-corrected chi connectivity index (χ1v) is 9.94. The van der Waals surface area contributed by atoms with Crippen molar-refractivity contribution in [1.29, 1.82) is 0 Å². The monoisotopic (exact) mass is 335 g/mol. The Morgan fingerprint density at radius 3 is 2.78 bits per heavy atom. The lowest BCUT2D eigenvalue weighted by molar-refractivity contribution is -0.149. The molecule has 0 saturated carbocycles. The number of thiophene rings is 1. The molecular formula is C19H29NO2S. The topological polar surface area (TPSA) is 29.5 Å². The van der Waals surface area contributed by atoms with Gasteiger partial charge >= 0.3 is 5.97 Å². The van der Waals surface area contributed by atoms with Crippen LogP contribution in [-0.4, -0.2) is 36.6 Å². The number of rotatable bonds is 6. The van der Waals surface area contributed by atoms with E-state index in [1.807, 2.05) is 0 Å². The summed E-state index contributed by atoms with van der Waals surface area (Å²) in [6, 6.07) is 5.40. The summed E-state index contributed by atoms with van der Waals surface area (Å²) in [4.78, 5) is 16.5. The second kappa shape index (κ2) is 7.35. The summed E-state index contributed by atoms with van der Waals surface area (Å²) in [6.45, 7) is 5.79. The van der Waals surface area contributed by atoms with Gasteiger partial charge in [0.05, 0.1) is 13.0 Å². The number of carbonyl (C=O) groups is 1. The Labute approximate surface area is 144 Å². The molecule has 2 aliphatic heterocycles. The van der Waals surface area contributed by atoms with Gasteiger partial charge in [0.25, 0.3) is 0 Å². The molecule has 0 N–H and O–H groups in total. The number of fused-ring (bicyclic) bond motifs is 2. The van der Waals surface area contributed by atoms with E-state index in [2.05, 4.69) is 36.3 Å². The normalized spacial score (nSPS) is 30.8. The van der Waals surface area contributed by atoms with Crippen LogP contribution in [0, 0.1) is 11.8 Å². The largest absolute Gasteiger partial charge is 0.469 e. The van der Waals surface area contributed by atoms with E-state index < -0.39 is 0 Å². The van der Waals surface area contributed by atoms with Gasteiger partial charge < -0.3 is 4.74 Å². The molecule has 0 amide bonds. The standard InChI is InChI=1S/C19H29NO2S/c1-4-13(5-2)12-20-14-8-9-16(20)18(17-7-6-10-23-17)15(11-14)19(21)22-3/h6-7,10,13-16,18H,4-5,8-9,11-12H2,1-3H3/t14-,15+,16-,18+/m1/s1. The fourth-order valence-corrected chi connectivity index (χ4v) is 5.65. The van der Waals surface area contributed by atoms with Gasteiger partial charge in [0.2, 0.25) is 0 Å². The van der Waals surface area contributed by atoms with Gasteiger partial charge in [-0.15, -0.1) is 11.3 Å². The third kappa shape index (κ3) is 3.20. The van der Waals surface area contributed by atoms with Gasteiger partial charge in [-0.2, -0.15) is 0 Å². The molecule has 4 atom stereocenters. The van der Waals surface area contributed by atoms with E-state index in [0.29, 0.717) is 18.0 Å². The van der Waals surface area contributed by atoms with E-state index in [0.717, 1.165) is 12.3 Å². The van der Waals surface area contributed by atoms with Gasteiger partial charge in [-0.1, -0.05) is 32.8 Å². The average molecular weight is 336 g/mol. The number of carbonyl (C=O) groups excluding carboxylic acids is 1. The molecular weight excluding hydrogens is 306 g/mol. The summed E-state index contributed by atoms with van der Waals surface area (Å²) in [7, 11) is 1.53. The van der Waals surface area contributed by atoms with Gasteiger partial charge in [0.15, 0.2) is 0 Å². The minimum atomic E-state index is -0.0116. The van der Waals surface area contributed by atoms with Crippen molar-refractivity contribution in [2.45, 2.75) is 64.0 Å². The first-order valence-electron chi connectivity index (χ1n) is 9.06. The fourth-order valence-electron chi connectivity index (χ4n) is 4.71. The Kier molecular flexibility index (Phi) is 5.42. The van der Waals surface area contributed by atoms with Crippen molar-refractivity contribution in [3.05, 3.63) is 22.4 Å². The summed E-state index contributed by atoms with van der Waals surface area (Å²) >= 11 is 1.80. The van der Waals surface area contributed by atoms with Crippen molar-refractivity contribution in [2.75, 3.05) is 13.7 Å². The molecule has 2 bridgehead atoms. The van der Waals surface area contributed by atoms with E-state index >= 15 is 0 Å². The van der Waals surface area contributed by atoms with E-state index in [-0.39, 0.29) is 11.9 Å². The first-order chi connectivity index (χ1) is 11.2. The van der Waals surface area contributed by atoms with Crippen LogP contribution in [0.5, 0.6) is 0 Å². The third-order valence-corrected chi connectivity index (χ3v) is 7.04. The van der Waals surface area contributed by atoms with Crippen LogP contribution in [0.25, 0.3) is 0 Å². The molecule has 0 aromatic carbocycles. The summed E-state index contributed by atoms with van der Waals surface area (Å²) in [6.07, 6.45) is 5.92. The van der Waals surface area contributed by atoms with Crippen LogP contribution in [0.2, 0.25) is 0 Å². The van der Waals surface area contributed by atoms with Crippen LogP contribution in [0.4, 0.5) is 0 Å². The Balaban J connectivity index is 1.87. The SMILES string of the molecule is CCC(CC)CN1[C@@H]2CC[C@@H]1[C@@H](c1cccs1)[C@@H](C(=O)OC)C2. The molecule has 1 aromatic rings.